The molecule has 0 saturated carbocycles. The number of benzene rings is 2. The topological polar surface area (TPSA) is 97.9 Å². The minimum absolute atomic E-state index is 0.0741. The highest BCUT2D eigenvalue weighted by Gasteiger charge is 2.42. The zero-order valence-electron chi connectivity index (χ0n) is 21.2. The van der Waals surface area contributed by atoms with Gasteiger partial charge in [0.15, 0.2) is 0 Å². The summed E-state index contributed by atoms with van der Waals surface area (Å²) in [5.41, 5.74) is -1.25. The Hall–Kier alpha value is -3.31. The van der Waals surface area contributed by atoms with Gasteiger partial charge in [-0.05, 0) is 61.8 Å². The quantitative estimate of drug-likeness (QED) is 0.476. The van der Waals surface area contributed by atoms with Crippen molar-refractivity contribution < 1.29 is 37.0 Å². The first kappa shape index (κ1) is 27.7. The van der Waals surface area contributed by atoms with Crippen LogP contribution in [0.1, 0.15) is 36.8 Å². The summed E-state index contributed by atoms with van der Waals surface area (Å²) in [4.78, 5) is 26.2. The molecule has 8 nitrogen and oxygen atoms in total. The van der Waals surface area contributed by atoms with Crippen LogP contribution in [0.2, 0.25) is 0 Å². The molecule has 2 aliphatic rings. The second-order valence-electron chi connectivity index (χ2n) is 9.50. The third kappa shape index (κ3) is 6.76. The Kier molecular flexibility index (Phi) is 8.78. The van der Waals surface area contributed by atoms with Gasteiger partial charge in [-0.25, -0.2) is 0 Å². The SMILES string of the molecule is COc1ccc(Oc2ccc(CNC(=O)C3(NC(=O)C4CCNCC4)CCOCC3)cc2)c(C(F)(F)F)c1. The lowest BCUT2D eigenvalue weighted by Crippen LogP contribution is -2.62. The van der Waals surface area contributed by atoms with Gasteiger partial charge in [0.2, 0.25) is 11.8 Å². The second kappa shape index (κ2) is 12.0. The molecule has 2 aliphatic heterocycles. The van der Waals surface area contributed by atoms with E-state index in [1.807, 2.05) is 0 Å². The Morgan fingerprint density at radius 2 is 1.71 bits per heavy atom. The minimum atomic E-state index is -4.61. The lowest BCUT2D eigenvalue weighted by Gasteiger charge is -2.38. The number of carbonyl (C=O) groups is 2. The fourth-order valence-corrected chi connectivity index (χ4v) is 4.65. The van der Waals surface area contributed by atoms with Crippen LogP contribution in [0.4, 0.5) is 13.2 Å². The van der Waals surface area contributed by atoms with Gasteiger partial charge in [-0.1, -0.05) is 12.1 Å². The summed E-state index contributed by atoms with van der Waals surface area (Å²) in [6.07, 6.45) is -2.39. The van der Waals surface area contributed by atoms with Crippen molar-refractivity contribution in [2.24, 2.45) is 5.92 Å². The van der Waals surface area contributed by atoms with Crippen LogP contribution >= 0.6 is 0 Å². The molecule has 4 rings (SSSR count). The second-order valence-corrected chi connectivity index (χ2v) is 9.50. The highest BCUT2D eigenvalue weighted by molar-refractivity contribution is 5.92. The maximum atomic E-state index is 13.5. The largest absolute Gasteiger partial charge is 0.497 e. The van der Waals surface area contributed by atoms with Crippen molar-refractivity contribution >= 4 is 11.8 Å². The standard InChI is InChI=1S/C27H32F3N3O5/c1-36-21-6-7-23(22(16-21)27(28,29)30)38-20-4-2-18(3-5-20)17-32-25(35)26(10-14-37-15-11-26)33-24(34)19-8-12-31-13-9-19/h2-7,16,19,31H,8-15,17H2,1H3,(H,32,35)(H,33,34). The minimum Gasteiger partial charge on any atom is -0.497 e. The zero-order valence-corrected chi connectivity index (χ0v) is 21.2. The molecule has 0 aromatic heterocycles. The summed E-state index contributed by atoms with van der Waals surface area (Å²) in [6.45, 7) is 2.47. The molecule has 11 heteroatoms. The molecule has 0 bridgehead atoms. The van der Waals surface area contributed by atoms with Gasteiger partial charge in [-0.3, -0.25) is 9.59 Å². The maximum Gasteiger partial charge on any atom is 0.420 e. The molecule has 206 valence electrons. The first-order chi connectivity index (χ1) is 18.2. The van der Waals surface area contributed by atoms with Gasteiger partial charge in [0.05, 0.1) is 7.11 Å². The number of alkyl halides is 3. The number of hydrogen-bond donors (Lipinski definition) is 3. The Labute approximate surface area is 219 Å². The molecule has 38 heavy (non-hydrogen) atoms. The molecule has 0 atom stereocenters. The van der Waals surface area contributed by atoms with E-state index < -0.39 is 17.3 Å². The molecular formula is C27H32F3N3O5. The lowest BCUT2D eigenvalue weighted by atomic mass is 9.87. The number of carbonyl (C=O) groups excluding carboxylic acids is 2. The third-order valence-electron chi connectivity index (χ3n) is 6.95. The summed E-state index contributed by atoms with van der Waals surface area (Å²) in [5.74, 6) is -0.570. The van der Waals surface area contributed by atoms with Crippen LogP contribution in [0.3, 0.4) is 0 Å². The molecule has 2 amide bonds. The van der Waals surface area contributed by atoms with Crippen LogP contribution in [0.5, 0.6) is 17.2 Å². The van der Waals surface area contributed by atoms with Gasteiger partial charge < -0.3 is 30.2 Å². The van der Waals surface area contributed by atoms with Crippen molar-refractivity contribution in [3.8, 4) is 17.2 Å². The van der Waals surface area contributed by atoms with Crippen molar-refractivity contribution in [2.75, 3.05) is 33.4 Å². The van der Waals surface area contributed by atoms with E-state index in [2.05, 4.69) is 16.0 Å². The number of rotatable bonds is 8. The van der Waals surface area contributed by atoms with E-state index in [0.717, 1.165) is 37.6 Å². The van der Waals surface area contributed by atoms with Gasteiger partial charge >= 0.3 is 6.18 Å². The Morgan fingerprint density at radius 1 is 1.05 bits per heavy atom. The molecule has 3 N–H and O–H groups in total. The highest BCUT2D eigenvalue weighted by Crippen LogP contribution is 2.40. The average Bonchev–Trinajstić information content (AvgIpc) is 2.93. The van der Waals surface area contributed by atoms with E-state index >= 15 is 0 Å². The molecule has 2 saturated heterocycles. The van der Waals surface area contributed by atoms with Crippen molar-refractivity contribution in [1.29, 1.82) is 0 Å². The van der Waals surface area contributed by atoms with Gasteiger partial charge in [-0.15, -0.1) is 0 Å². The van der Waals surface area contributed by atoms with Crippen LogP contribution in [0.15, 0.2) is 42.5 Å². The van der Waals surface area contributed by atoms with E-state index in [1.54, 1.807) is 12.1 Å². The average molecular weight is 536 g/mol. The smallest absolute Gasteiger partial charge is 0.420 e. The predicted octanol–water partition coefficient (Wildman–Crippen LogP) is 3.79. The Morgan fingerprint density at radius 3 is 2.34 bits per heavy atom. The lowest BCUT2D eigenvalue weighted by molar-refractivity contribution is -0.139. The van der Waals surface area contributed by atoms with Crippen LogP contribution < -0.4 is 25.4 Å². The number of halogens is 3. The fraction of sp³-hybridized carbons (Fsp3) is 0.481. The fourth-order valence-electron chi connectivity index (χ4n) is 4.65. The molecule has 2 heterocycles. The molecular weight excluding hydrogens is 503 g/mol. The van der Waals surface area contributed by atoms with Gasteiger partial charge in [-0.2, -0.15) is 13.2 Å². The highest BCUT2D eigenvalue weighted by atomic mass is 19.4. The molecule has 2 aromatic carbocycles. The van der Waals surface area contributed by atoms with Gasteiger partial charge in [0, 0.05) is 38.5 Å². The molecule has 0 radical (unpaired) electrons. The van der Waals surface area contributed by atoms with Crippen molar-refractivity contribution in [1.82, 2.24) is 16.0 Å². The number of ether oxygens (including phenoxy) is 3. The number of piperidine rings is 1. The van der Waals surface area contributed by atoms with E-state index in [4.69, 9.17) is 14.2 Å². The Bertz CT molecular complexity index is 1110. The number of nitrogens with one attached hydrogen (secondary N) is 3. The molecule has 0 aliphatic carbocycles. The normalized spacial score (nSPS) is 17.9. The first-order valence-electron chi connectivity index (χ1n) is 12.6. The summed E-state index contributed by atoms with van der Waals surface area (Å²) in [5, 5.41) is 9.16. The summed E-state index contributed by atoms with van der Waals surface area (Å²) >= 11 is 0. The van der Waals surface area contributed by atoms with Crippen molar-refractivity contribution in [3.63, 3.8) is 0 Å². The van der Waals surface area contributed by atoms with Crippen LogP contribution in [0.25, 0.3) is 0 Å². The van der Waals surface area contributed by atoms with Crippen LogP contribution in [0, 0.1) is 5.92 Å². The monoisotopic (exact) mass is 535 g/mol. The molecule has 2 aromatic rings. The van der Waals surface area contributed by atoms with Gasteiger partial charge in [0.1, 0.15) is 28.4 Å². The molecule has 0 spiro atoms. The number of methoxy groups -OCH3 is 1. The molecule has 0 unspecified atom stereocenters. The summed E-state index contributed by atoms with van der Waals surface area (Å²) < 4.78 is 56.2. The van der Waals surface area contributed by atoms with Crippen molar-refractivity contribution in [3.05, 3.63) is 53.6 Å². The summed E-state index contributed by atoms with van der Waals surface area (Å²) in [7, 11) is 1.29. The number of amides is 2. The molecule has 2 fully saturated rings. The van der Waals surface area contributed by atoms with Crippen LogP contribution in [-0.2, 0) is 27.0 Å². The summed E-state index contributed by atoms with van der Waals surface area (Å²) in [6, 6.07) is 9.89. The van der Waals surface area contributed by atoms with Crippen LogP contribution in [-0.4, -0.2) is 50.8 Å². The Balaban J connectivity index is 1.39. The third-order valence-corrected chi connectivity index (χ3v) is 6.95. The zero-order chi connectivity index (χ0) is 27.2. The van der Waals surface area contributed by atoms with E-state index in [1.165, 1.54) is 31.4 Å². The van der Waals surface area contributed by atoms with E-state index in [0.29, 0.717) is 26.1 Å². The predicted molar refractivity (Wildman–Crippen MR) is 133 cm³/mol. The first-order valence-corrected chi connectivity index (χ1v) is 12.6. The number of hydrogen-bond acceptors (Lipinski definition) is 6. The van der Waals surface area contributed by atoms with Crippen molar-refractivity contribution in [2.45, 2.75) is 43.9 Å². The van der Waals surface area contributed by atoms with Gasteiger partial charge in [0.25, 0.3) is 0 Å². The van der Waals surface area contributed by atoms with E-state index in [9.17, 15) is 22.8 Å². The van der Waals surface area contributed by atoms with E-state index in [-0.39, 0.29) is 41.5 Å². The maximum absolute atomic E-state index is 13.5.